The Bertz CT molecular complexity index is 160. The lowest BCUT2D eigenvalue weighted by molar-refractivity contribution is 0.524. The third-order valence-corrected chi connectivity index (χ3v) is 2.62. The molecule has 0 bridgehead atoms. The maximum absolute atomic E-state index is 4.10. The molecule has 0 aromatic heterocycles. The van der Waals surface area contributed by atoms with Gasteiger partial charge < -0.3 is 0 Å². The predicted octanol–water partition coefficient (Wildman–Crippen LogP) is 2.82. The first-order valence-electron chi connectivity index (χ1n) is 4.37. The van der Waals surface area contributed by atoms with E-state index < -0.39 is 0 Å². The van der Waals surface area contributed by atoms with Gasteiger partial charge in [-0.15, -0.1) is 0 Å². The Kier molecular flexibility index (Phi) is 2.86. The lowest BCUT2D eigenvalue weighted by Crippen LogP contribution is -2.06. The SMILES string of the molecule is C=NC1CCCC(=C)[C@H](C)C1. The van der Waals surface area contributed by atoms with Gasteiger partial charge in [-0.3, -0.25) is 4.99 Å². The van der Waals surface area contributed by atoms with Gasteiger partial charge >= 0.3 is 0 Å². The van der Waals surface area contributed by atoms with Crippen molar-refractivity contribution in [3.8, 4) is 0 Å². The van der Waals surface area contributed by atoms with Crippen LogP contribution in [0, 0.1) is 5.92 Å². The molecule has 1 unspecified atom stereocenters. The van der Waals surface area contributed by atoms with Crippen molar-refractivity contribution in [2.45, 2.75) is 38.6 Å². The van der Waals surface area contributed by atoms with Gasteiger partial charge in [0.1, 0.15) is 0 Å². The normalized spacial score (nSPS) is 33.0. The zero-order valence-electron chi connectivity index (χ0n) is 7.34. The van der Waals surface area contributed by atoms with E-state index in [0.29, 0.717) is 12.0 Å². The van der Waals surface area contributed by atoms with Gasteiger partial charge in [-0.1, -0.05) is 19.1 Å². The summed E-state index contributed by atoms with van der Waals surface area (Å²) in [6, 6.07) is 0.490. The van der Waals surface area contributed by atoms with Crippen LogP contribution in [0.25, 0.3) is 0 Å². The summed E-state index contributed by atoms with van der Waals surface area (Å²) in [5.74, 6) is 0.646. The molecule has 0 radical (unpaired) electrons. The number of rotatable bonds is 1. The molecule has 1 fully saturated rings. The van der Waals surface area contributed by atoms with Crippen molar-refractivity contribution in [1.82, 2.24) is 0 Å². The van der Waals surface area contributed by atoms with E-state index >= 15 is 0 Å². The smallest absolute Gasteiger partial charge is 0.0498 e. The van der Waals surface area contributed by atoms with Crippen LogP contribution >= 0.6 is 0 Å². The lowest BCUT2D eigenvalue weighted by Gasteiger charge is -2.12. The van der Waals surface area contributed by atoms with Crippen molar-refractivity contribution in [1.29, 1.82) is 0 Å². The van der Waals surface area contributed by atoms with Crippen LogP contribution in [-0.4, -0.2) is 12.8 Å². The van der Waals surface area contributed by atoms with E-state index in [1.165, 1.54) is 24.8 Å². The molecule has 0 spiro atoms. The highest BCUT2D eigenvalue weighted by Gasteiger charge is 2.17. The molecule has 0 amide bonds. The molecular formula is C10H17N. The number of hydrogen-bond donors (Lipinski definition) is 0. The number of nitrogens with zero attached hydrogens (tertiary/aromatic N) is 1. The lowest BCUT2D eigenvalue weighted by atomic mass is 9.97. The molecule has 1 rings (SSSR count). The summed E-state index contributed by atoms with van der Waals surface area (Å²) in [5.41, 5.74) is 1.40. The fraction of sp³-hybridized carbons (Fsp3) is 0.700. The predicted molar refractivity (Wildman–Crippen MR) is 50.1 cm³/mol. The number of aliphatic imine (C=N–C) groups is 1. The van der Waals surface area contributed by atoms with E-state index in [2.05, 4.69) is 25.2 Å². The highest BCUT2D eigenvalue weighted by molar-refractivity contribution is 5.24. The Morgan fingerprint density at radius 3 is 2.91 bits per heavy atom. The summed E-state index contributed by atoms with van der Waals surface area (Å²) in [6.45, 7) is 9.91. The van der Waals surface area contributed by atoms with E-state index in [1.807, 2.05) is 0 Å². The summed E-state index contributed by atoms with van der Waals surface area (Å²) in [5, 5.41) is 0. The van der Waals surface area contributed by atoms with Crippen LogP contribution in [0.3, 0.4) is 0 Å². The zero-order valence-corrected chi connectivity index (χ0v) is 7.34. The third-order valence-electron chi connectivity index (χ3n) is 2.62. The van der Waals surface area contributed by atoms with Crippen molar-refractivity contribution in [3.05, 3.63) is 12.2 Å². The first-order chi connectivity index (χ1) is 5.24. The van der Waals surface area contributed by atoms with Crippen molar-refractivity contribution in [2.24, 2.45) is 10.9 Å². The molecule has 0 aliphatic heterocycles. The summed E-state index contributed by atoms with van der Waals surface area (Å²) in [7, 11) is 0. The monoisotopic (exact) mass is 151 g/mol. The van der Waals surface area contributed by atoms with Gasteiger partial charge in [0, 0.05) is 6.04 Å². The summed E-state index contributed by atoms with van der Waals surface area (Å²) in [6.07, 6.45) is 4.79. The average Bonchev–Trinajstić information content (AvgIpc) is 2.15. The van der Waals surface area contributed by atoms with Crippen molar-refractivity contribution in [2.75, 3.05) is 0 Å². The second kappa shape index (κ2) is 3.70. The van der Waals surface area contributed by atoms with Crippen LogP contribution in [-0.2, 0) is 0 Å². The molecule has 11 heavy (non-hydrogen) atoms. The Hall–Kier alpha value is -0.590. The second-order valence-electron chi connectivity index (χ2n) is 3.52. The minimum absolute atomic E-state index is 0.490. The molecule has 1 aliphatic rings. The topological polar surface area (TPSA) is 12.4 Å². The molecule has 2 atom stereocenters. The molecule has 1 nitrogen and oxygen atoms in total. The van der Waals surface area contributed by atoms with Crippen molar-refractivity contribution >= 4 is 6.72 Å². The van der Waals surface area contributed by atoms with E-state index in [-0.39, 0.29) is 0 Å². The fourth-order valence-corrected chi connectivity index (χ4v) is 1.67. The van der Waals surface area contributed by atoms with Crippen LogP contribution < -0.4 is 0 Å². The maximum Gasteiger partial charge on any atom is 0.0498 e. The molecule has 0 aromatic rings. The standard InChI is InChI=1S/C10H17N/c1-8-5-4-6-10(11-3)7-9(8)2/h9-10H,1,3-7H2,2H3/t9-,10?/m1/s1. The van der Waals surface area contributed by atoms with Crippen molar-refractivity contribution in [3.63, 3.8) is 0 Å². The highest BCUT2D eigenvalue weighted by Crippen LogP contribution is 2.27. The van der Waals surface area contributed by atoms with Gasteiger partial charge in [0.2, 0.25) is 0 Å². The minimum Gasteiger partial charge on any atom is -0.298 e. The number of hydrogen-bond acceptors (Lipinski definition) is 1. The van der Waals surface area contributed by atoms with Crippen LogP contribution in [0.2, 0.25) is 0 Å². The Labute approximate surface area is 69.2 Å². The molecule has 0 saturated heterocycles. The Morgan fingerprint density at radius 2 is 2.27 bits per heavy atom. The average molecular weight is 151 g/mol. The zero-order chi connectivity index (χ0) is 8.27. The van der Waals surface area contributed by atoms with Crippen LogP contribution in [0.15, 0.2) is 17.1 Å². The van der Waals surface area contributed by atoms with Crippen molar-refractivity contribution < 1.29 is 0 Å². The van der Waals surface area contributed by atoms with Gasteiger partial charge in [-0.25, -0.2) is 0 Å². The minimum atomic E-state index is 0.490. The Morgan fingerprint density at radius 1 is 1.55 bits per heavy atom. The largest absolute Gasteiger partial charge is 0.298 e. The maximum atomic E-state index is 4.10. The van der Waals surface area contributed by atoms with Gasteiger partial charge in [-0.05, 0) is 38.3 Å². The van der Waals surface area contributed by atoms with Gasteiger partial charge in [0.25, 0.3) is 0 Å². The molecule has 0 heterocycles. The first kappa shape index (κ1) is 8.51. The quantitative estimate of drug-likeness (QED) is 0.310. The highest BCUT2D eigenvalue weighted by atomic mass is 14.7. The molecule has 62 valence electrons. The molecule has 1 aliphatic carbocycles. The van der Waals surface area contributed by atoms with Crippen LogP contribution in [0.5, 0.6) is 0 Å². The molecule has 1 saturated carbocycles. The van der Waals surface area contributed by atoms with Crippen LogP contribution in [0.1, 0.15) is 32.6 Å². The second-order valence-corrected chi connectivity index (χ2v) is 3.52. The van der Waals surface area contributed by atoms with E-state index in [1.54, 1.807) is 0 Å². The summed E-state index contributed by atoms with van der Waals surface area (Å²) < 4.78 is 0. The van der Waals surface area contributed by atoms with E-state index in [4.69, 9.17) is 0 Å². The summed E-state index contributed by atoms with van der Waals surface area (Å²) >= 11 is 0. The van der Waals surface area contributed by atoms with E-state index in [9.17, 15) is 0 Å². The fourth-order valence-electron chi connectivity index (χ4n) is 1.67. The van der Waals surface area contributed by atoms with Gasteiger partial charge in [0.05, 0.1) is 0 Å². The molecular weight excluding hydrogens is 134 g/mol. The Balaban J connectivity index is 2.54. The van der Waals surface area contributed by atoms with Gasteiger partial charge in [-0.2, -0.15) is 0 Å². The number of allylic oxidation sites excluding steroid dienone is 1. The summed E-state index contributed by atoms with van der Waals surface area (Å²) in [4.78, 5) is 4.10. The van der Waals surface area contributed by atoms with Crippen LogP contribution in [0.4, 0.5) is 0 Å². The first-order valence-corrected chi connectivity index (χ1v) is 4.37. The third kappa shape index (κ3) is 2.18. The molecule has 0 aromatic carbocycles. The van der Waals surface area contributed by atoms with E-state index in [0.717, 1.165) is 6.42 Å². The molecule has 1 heteroatoms. The molecule has 0 N–H and O–H groups in total. The van der Waals surface area contributed by atoms with Gasteiger partial charge in [0.15, 0.2) is 0 Å².